The van der Waals surface area contributed by atoms with Crippen molar-refractivity contribution >= 4 is 51.0 Å². The van der Waals surface area contributed by atoms with E-state index in [9.17, 15) is 4.79 Å². The van der Waals surface area contributed by atoms with Gasteiger partial charge in [-0.3, -0.25) is 9.36 Å². The minimum absolute atomic E-state index is 0.238. The Kier molecular flexibility index (Phi) is 4.48. The van der Waals surface area contributed by atoms with Crippen molar-refractivity contribution in [3.8, 4) is 5.69 Å². The molecular weight excluding hydrogens is 436 g/mol. The van der Waals surface area contributed by atoms with Crippen LogP contribution in [0.4, 0.5) is 0 Å². The highest BCUT2D eigenvalue weighted by Gasteiger charge is 2.20. The fraction of sp³-hybridized carbons (Fsp3) is 0. The molecule has 158 valence electrons. The van der Waals surface area contributed by atoms with E-state index in [0.29, 0.717) is 43.9 Å². The minimum atomic E-state index is -0.238. The van der Waals surface area contributed by atoms with Gasteiger partial charge in [-0.15, -0.1) is 0 Å². The lowest BCUT2D eigenvalue weighted by molar-refractivity contribution is 0.906. The Hall–Kier alpha value is -4.36. The Balaban J connectivity index is 1.68. The largest absolute Gasteiger partial charge is 0.269 e. The molecule has 6 aromatic rings. The van der Waals surface area contributed by atoms with Gasteiger partial charge >= 0.3 is 0 Å². The fourth-order valence-electron chi connectivity index (χ4n) is 3.81. The molecule has 6 rings (SSSR count). The number of para-hydroxylation sites is 3. The van der Waals surface area contributed by atoms with E-state index < -0.39 is 0 Å². The molecule has 3 heterocycles. The van der Waals surface area contributed by atoms with Crippen LogP contribution in [0.5, 0.6) is 0 Å². The molecule has 0 spiro atoms. The SMILES string of the molecule is O=c1c2c3nc4ccccc4nc3n(N=Cc3cccc(Cl)c3)c2ncn1-c1ccccc1. The summed E-state index contributed by atoms with van der Waals surface area (Å²) in [6.07, 6.45) is 3.16. The van der Waals surface area contributed by atoms with Crippen LogP contribution in [0.1, 0.15) is 5.56 Å². The van der Waals surface area contributed by atoms with Gasteiger partial charge in [0.15, 0.2) is 11.3 Å². The van der Waals surface area contributed by atoms with Crippen molar-refractivity contribution in [3.63, 3.8) is 0 Å². The van der Waals surface area contributed by atoms with Crippen molar-refractivity contribution < 1.29 is 0 Å². The van der Waals surface area contributed by atoms with Gasteiger partial charge in [0.1, 0.15) is 17.2 Å². The number of rotatable bonds is 3. The van der Waals surface area contributed by atoms with E-state index in [4.69, 9.17) is 21.6 Å². The third-order valence-electron chi connectivity index (χ3n) is 5.35. The Morgan fingerprint density at radius 1 is 0.848 bits per heavy atom. The first-order valence-corrected chi connectivity index (χ1v) is 10.6. The molecule has 7 nitrogen and oxygen atoms in total. The molecule has 0 N–H and O–H groups in total. The summed E-state index contributed by atoms with van der Waals surface area (Å²) in [6, 6.07) is 24.2. The van der Waals surface area contributed by atoms with Gasteiger partial charge in [-0.05, 0) is 42.0 Å². The van der Waals surface area contributed by atoms with Crippen LogP contribution in [0.3, 0.4) is 0 Å². The summed E-state index contributed by atoms with van der Waals surface area (Å²) in [6.45, 7) is 0. The lowest BCUT2D eigenvalue weighted by Crippen LogP contribution is -2.18. The number of halogens is 1. The first kappa shape index (κ1) is 19.3. The quantitative estimate of drug-likeness (QED) is 0.362. The van der Waals surface area contributed by atoms with E-state index in [0.717, 1.165) is 5.56 Å². The van der Waals surface area contributed by atoms with Crippen LogP contribution in [0.25, 0.3) is 38.9 Å². The molecule has 0 aliphatic heterocycles. The smallest absolute Gasteiger partial charge is 0.268 e. The molecule has 0 amide bonds. The van der Waals surface area contributed by atoms with Gasteiger partial charge < -0.3 is 0 Å². The second-order valence-electron chi connectivity index (χ2n) is 7.45. The molecule has 0 radical (unpaired) electrons. The lowest BCUT2D eigenvalue weighted by Gasteiger charge is -2.04. The molecule has 3 aromatic carbocycles. The average Bonchev–Trinajstić information content (AvgIpc) is 3.15. The number of benzene rings is 3. The summed E-state index contributed by atoms with van der Waals surface area (Å²) in [5, 5.41) is 5.57. The number of nitrogens with zero attached hydrogens (tertiary/aromatic N) is 6. The van der Waals surface area contributed by atoms with Crippen LogP contribution in [-0.4, -0.2) is 30.4 Å². The first-order chi connectivity index (χ1) is 16.2. The molecule has 0 unspecified atom stereocenters. The topological polar surface area (TPSA) is 78.0 Å². The third-order valence-corrected chi connectivity index (χ3v) is 5.58. The van der Waals surface area contributed by atoms with Crippen LogP contribution in [0.2, 0.25) is 5.02 Å². The van der Waals surface area contributed by atoms with Crippen molar-refractivity contribution in [1.29, 1.82) is 0 Å². The zero-order chi connectivity index (χ0) is 22.4. The molecule has 0 bridgehead atoms. The highest BCUT2D eigenvalue weighted by Crippen LogP contribution is 2.25. The van der Waals surface area contributed by atoms with Gasteiger partial charge in [0.25, 0.3) is 5.56 Å². The van der Waals surface area contributed by atoms with Crippen LogP contribution < -0.4 is 5.56 Å². The average molecular weight is 451 g/mol. The summed E-state index contributed by atoms with van der Waals surface area (Å²) in [5.41, 5.74) is 3.98. The summed E-state index contributed by atoms with van der Waals surface area (Å²) in [5.74, 6) is 0. The Morgan fingerprint density at radius 2 is 1.61 bits per heavy atom. The lowest BCUT2D eigenvalue weighted by atomic mass is 10.2. The standard InChI is InChI=1S/C25H15ClN6O/c26-17-8-6-7-16(13-17)14-28-32-23-21(22-24(32)30-20-12-5-4-11-19(20)29-22)25(33)31(15-27-23)18-9-2-1-3-10-18/h1-15H. The van der Waals surface area contributed by atoms with E-state index in [1.54, 1.807) is 23.0 Å². The number of fused-ring (bicyclic) bond motifs is 4. The maximum Gasteiger partial charge on any atom is 0.269 e. The van der Waals surface area contributed by atoms with Gasteiger partial charge in [0, 0.05) is 5.02 Å². The Labute approximate surface area is 192 Å². The maximum atomic E-state index is 13.6. The van der Waals surface area contributed by atoms with Gasteiger partial charge in [-0.25, -0.2) is 15.0 Å². The predicted molar refractivity (Wildman–Crippen MR) is 130 cm³/mol. The van der Waals surface area contributed by atoms with Crippen LogP contribution in [-0.2, 0) is 0 Å². The highest BCUT2D eigenvalue weighted by atomic mass is 35.5. The third kappa shape index (κ3) is 3.26. The number of hydrogen-bond acceptors (Lipinski definition) is 5. The fourth-order valence-corrected chi connectivity index (χ4v) is 4.01. The van der Waals surface area contributed by atoms with Gasteiger partial charge in [-0.1, -0.05) is 54.1 Å². The molecule has 33 heavy (non-hydrogen) atoms. The summed E-state index contributed by atoms with van der Waals surface area (Å²) in [4.78, 5) is 27.7. The normalized spacial score (nSPS) is 11.8. The first-order valence-electron chi connectivity index (χ1n) is 10.2. The highest BCUT2D eigenvalue weighted by molar-refractivity contribution is 6.30. The van der Waals surface area contributed by atoms with Crippen molar-refractivity contribution in [1.82, 2.24) is 24.2 Å². The number of hydrogen-bond donors (Lipinski definition) is 0. The summed E-state index contributed by atoms with van der Waals surface area (Å²) in [7, 11) is 0. The van der Waals surface area contributed by atoms with Crippen LogP contribution in [0.15, 0.2) is 95.1 Å². The molecule has 0 aliphatic carbocycles. The molecule has 0 saturated carbocycles. The summed E-state index contributed by atoms with van der Waals surface area (Å²) < 4.78 is 3.06. The number of aromatic nitrogens is 5. The monoisotopic (exact) mass is 450 g/mol. The Morgan fingerprint density at radius 3 is 2.39 bits per heavy atom. The molecular formula is C25H15ClN6O. The molecule has 0 aliphatic rings. The molecule has 0 fully saturated rings. The Bertz CT molecular complexity index is 1750. The van der Waals surface area contributed by atoms with Crippen molar-refractivity contribution in [2.24, 2.45) is 5.10 Å². The summed E-state index contributed by atoms with van der Waals surface area (Å²) >= 11 is 6.11. The van der Waals surface area contributed by atoms with Crippen LogP contribution >= 0.6 is 11.6 Å². The second kappa shape index (κ2) is 7.65. The van der Waals surface area contributed by atoms with E-state index in [1.165, 1.54) is 10.9 Å². The van der Waals surface area contributed by atoms with Gasteiger partial charge in [0.05, 0.1) is 22.9 Å². The van der Waals surface area contributed by atoms with Crippen molar-refractivity contribution in [2.45, 2.75) is 0 Å². The zero-order valence-corrected chi connectivity index (χ0v) is 17.9. The maximum absolute atomic E-state index is 13.6. The van der Waals surface area contributed by atoms with Crippen molar-refractivity contribution in [2.75, 3.05) is 0 Å². The van der Waals surface area contributed by atoms with E-state index >= 15 is 0 Å². The van der Waals surface area contributed by atoms with Crippen molar-refractivity contribution in [3.05, 3.63) is 106 Å². The second-order valence-corrected chi connectivity index (χ2v) is 7.89. The minimum Gasteiger partial charge on any atom is -0.268 e. The van der Waals surface area contributed by atoms with Gasteiger partial charge in [-0.2, -0.15) is 9.78 Å². The zero-order valence-electron chi connectivity index (χ0n) is 17.1. The molecule has 8 heteroatoms. The van der Waals surface area contributed by atoms with E-state index in [-0.39, 0.29) is 5.56 Å². The van der Waals surface area contributed by atoms with Crippen LogP contribution in [0, 0.1) is 0 Å². The molecule has 0 saturated heterocycles. The van der Waals surface area contributed by atoms with E-state index in [2.05, 4.69) is 10.1 Å². The predicted octanol–water partition coefficient (Wildman–Crippen LogP) is 4.82. The van der Waals surface area contributed by atoms with E-state index in [1.807, 2.05) is 66.7 Å². The molecule has 3 aromatic heterocycles. The molecule has 0 atom stereocenters. The van der Waals surface area contributed by atoms with Gasteiger partial charge in [0.2, 0.25) is 0 Å².